The highest BCUT2D eigenvalue weighted by Gasteiger charge is 2.32. The molecule has 0 aliphatic heterocycles. The number of carbonyl (C=O) groups excluding carboxylic acids is 1. The van der Waals surface area contributed by atoms with Gasteiger partial charge in [-0.25, -0.2) is 13.1 Å². The molecule has 0 saturated heterocycles. The molecule has 126 valence electrons. The van der Waals surface area contributed by atoms with Gasteiger partial charge in [0.15, 0.2) is 0 Å². The van der Waals surface area contributed by atoms with E-state index in [2.05, 4.69) is 4.72 Å². The molecule has 1 amide bonds. The highest BCUT2D eigenvalue weighted by molar-refractivity contribution is 7.89. The SMILES string of the molecule is NC(=O)c1ccc(S(=O)(=O)N[C@@H]2CCCCC[C@@H]2C(=O)O)cc1. The smallest absolute Gasteiger partial charge is 0.308 e. The van der Waals surface area contributed by atoms with E-state index in [0.717, 1.165) is 19.3 Å². The van der Waals surface area contributed by atoms with Crippen molar-refractivity contribution < 1.29 is 23.1 Å². The molecule has 1 aromatic carbocycles. The van der Waals surface area contributed by atoms with E-state index in [0.29, 0.717) is 12.8 Å². The zero-order valence-electron chi connectivity index (χ0n) is 12.6. The lowest BCUT2D eigenvalue weighted by Crippen LogP contribution is -2.42. The summed E-state index contributed by atoms with van der Waals surface area (Å²) >= 11 is 0. The largest absolute Gasteiger partial charge is 0.481 e. The summed E-state index contributed by atoms with van der Waals surface area (Å²) in [7, 11) is -3.85. The molecule has 8 heteroatoms. The van der Waals surface area contributed by atoms with Crippen LogP contribution in [0.1, 0.15) is 42.5 Å². The van der Waals surface area contributed by atoms with Gasteiger partial charge in [-0.1, -0.05) is 19.3 Å². The molecule has 2 rings (SSSR count). The Morgan fingerprint density at radius 2 is 1.70 bits per heavy atom. The molecule has 2 atom stereocenters. The van der Waals surface area contributed by atoms with Gasteiger partial charge in [-0.2, -0.15) is 0 Å². The Balaban J connectivity index is 2.21. The van der Waals surface area contributed by atoms with Gasteiger partial charge in [0.25, 0.3) is 0 Å². The number of amides is 1. The minimum absolute atomic E-state index is 0.0177. The molecule has 0 spiro atoms. The minimum atomic E-state index is -3.85. The molecule has 4 N–H and O–H groups in total. The molecule has 7 nitrogen and oxygen atoms in total. The highest BCUT2D eigenvalue weighted by atomic mass is 32.2. The number of carboxylic acids is 1. The van der Waals surface area contributed by atoms with Gasteiger partial charge in [0.05, 0.1) is 10.8 Å². The van der Waals surface area contributed by atoms with Crippen LogP contribution in [0.4, 0.5) is 0 Å². The Labute approximate surface area is 134 Å². The molecule has 1 aromatic rings. The standard InChI is InChI=1S/C15H20N2O5S/c16-14(18)10-6-8-11(9-7-10)23(21,22)17-13-5-3-1-2-4-12(13)15(19)20/h6-9,12-13,17H,1-5H2,(H2,16,18)(H,19,20)/t12-,13+/m0/s1. The average molecular weight is 340 g/mol. The zero-order valence-corrected chi connectivity index (χ0v) is 13.4. The summed E-state index contributed by atoms with van der Waals surface area (Å²) in [6.07, 6.45) is 3.42. The maximum absolute atomic E-state index is 12.4. The van der Waals surface area contributed by atoms with Crippen LogP contribution in [0, 0.1) is 5.92 Å². The number of aliphatic carboxylic acids is 1. The van der Waals surface area contributed by atoms with E-state index in [9.17, 15) is 23.1 Å². The molecular weight excluding hydrogens is 320 g/mol. The number of hydrogen-bond donors (Lipinski definition) is 3. The van der Waals surface area contributed by atoms with E-state index >= 15 is 0 Å². The van der Waals surface area contributed by atoms with Gasteiger partial charge in [-0.05, 0) is 37.1 Å². The number of benzene rings is 1. The normalized spacial score (nSPS) is 22.3. The highest BCUT2D eigenvalue weighted by Crippen LogP contribution is 2.25. The molecule has 0 bridgehead atoms. The first-order chi connectivity index (χ1) is 10.8. The van der Waals surface area contributed by atoms with Crippen LogP contribution < -0.4 is 10.5 Å². The number of nitrogens with two attached hydrogens (primary N) is 1. The second-order valence-electron chi connectivity index (χ2n) is 5.70. The van der Waals surface area contributed by atoms with Crippen molar-refractivity contribution in [3.8, 4) is 0 Å². The van der Waals surface area contributed by atoms with Gasteiger partial charge in [0, 0.05) is 11.6 Å². The maximum atomic E-state index is 12.4. The van der Waals surface area contributed by atoms with Crippen LogP contribution in [-0.4, -0.2) is 31.4 Å². The van der Waals surface area contributed by atoms with Gasteiger partial charge < -0.3 is 10.8 Å². The third kappa shape index (κ3) is 4.29. The monoisotopic (exact) mass is 340 g/mol. The first-order valence-corrected chi connectivity index (χ1v) is 8.94. The number of nitrogens with one attached hydrogen (secondary N) is 1. The van der Waals surface area contributed by atoms with E-state index in [-0.39, 0.29) is 10.5 Å². The number of carboxylic acid groups (broad SMARTS) is 1. The van der Waals surface area contributed by atoms with Crippen molar-refractivity contribution >= 4 is 21.9 Å². The van der Waals surface area contributed by atoms with Crippen molar-refractivity contribution in [2.75, 3.05) is 0 Å². The summed E-state index contributed by atoms with van der Waals surface area (Å²) in [6.45, 7) is 0. The van der Waals surface area contributed by atoms with Crippen LogP contribution in [0.5, 0.6) is 0 Å². The maximum Gasteiger partial charge on any atom is 0.308 e. The summed E-state index contributed by atoms with van der Waals surface area (Å²) < 4.78 is 27.4. The number of hydrogen-bond acceptors (Lipinski definition) is 4. The number of sulfonamides is 1. The number of carbonyl (C=O) groups is 2. The molecule has 0 heterocycles. The summed E-state index contributed by atoms with van der Waals surface area (Å²) in [5, 5.41) is 9.31. The average Bonchev–Trinajstić information content (AvgIpc) is 2.72. The molecule has 23 heavy (non-hydrogen) atoms. The van der Waals surface area contributed by atoms with E-state index in [4.69, 9.17) is 5.73 Å². The van der Waals surface area contributed by atoms with E-state index in [1.807, 2.05) is 0 Å². The van der Waals surface area contributed by atoms with Gasteiger partial charge in [0.1, 0.15) is 0 Å². The lowest BCUT2D eigenvalue weighted by molar-refractivity contribution is -0.142. The third-order valence-electron chi connectivity index (χ3n) is 4.09. The molecule has 1 aliphatic rings. The Bertz CT molecular complexity index is 684. The molecule has 0 aromatic heterocycles. The van der Waals surface area contributed by atoms with E-state index in [1.54, 1.807) is 0 Å². The number of primary amides is 1. The Hall–Kier alpha value is -1.93. The minimum Gasteiger partial charge on any atom is -0.481 e. The van der Waals surface area contributed by atoms with Gasteiger partial charge in [-0.3, -0.25) is 9.59 Å². The predicted octanol–water partition coefficient (Wildman–Crippen LogP) is 1.10. The van der Waals surface area contributed by atoms with E-state index in [1.165, 1.54) is 24.3 Å². The fraction of sp³-hybridized carbons (Fsp3) is 0.467. The number of rotatable bonds is 5. The van der Waals surface area contributed by atoms with Gasteiger partial charge in [0.2, 0.25) is 15.9 Å². The van der Waals surface area contributed by atoms with Crippen molar-refractivity contribution in [3.63, 3.8) is 0 Å². The van der Waals surface area contributed by atoms with Crippen LogP contribution in [0.15, 0.2) is 29.2 Å². The first kappa shape index (κ1) is 17.4. The van der Waals surface area contributed by atoms with Crippen molar-refractivity contribution in [3.05, 3.63) is 29.8 Å². The van der Waals surface area contributed by atoms with Crippen LogP contribution >= 0.6 is 0 Å². The summed E-state index contributed by atoms with van der Waals surface area (Å²) in [5.41, 5.74) is 5.33. The molecule has 0 radical (unpaired) electrons. The molecule has 1 aliphatic carbocycles. The molecule has 1 fully saturated rings. The fourth-order valence-corrected chi connectivity index (χ4v) is 4.12. The Morgan fingerprint density at radius 3 is 2.26 bits per heavy atom. The summed E-state index contributed by atoms with van der Waals surface area (Å²) in [5.74, 6) is -2.35. The van der Waals surface area contributed by atoms with Crippen LogP contribution in [0.3, 0.4) is 0 Å². The Kier molecular flexibility index (Phi) is 5.38. The van der Waals surface area contributed by atoms with E-state index < -0.39 is 33.9 Å². The van der Waals surface area contributed by atoms with Crippen LogP contribution in [-0.2, 0) is 14.8 Å². The fourth-order valence-electron chi connectivity index (χ4n) is 2.81. The Morgan fingerprint density at radius 1 is 1.09 bits per heavy atom. The van der Waals surface area contributed by atoms with Crippen LogP contribution in [0.2, 0.25) is 0 Å². The second-order valence-corrected chi connectivity index (χ2v) is 7.41. The van der Waals surface area contributed by atoms with Gasteiger partial charge >= 0.3 is 5.97 Å². The quantitative estimate of drug-likeness (QED) is 0.692. The second kappa shape index (κ2) is 7.10. The predicted molar refractivity (Wildman–Crippen MR) is 83.3 cm³/mol. The van der Waals surface area contributed by atoms with Gasteiger partial charge in [-0.15, -0.1) is 0 Å². The molecular formula is C15H20N2O5S. The lowest BCUT2D eigenvalue weighted by Gasteiger charge is -2.22. The topological polar surface area (TPSA) is 127 Å². The van der Waals surface area contributed by atoms with Crippen molar-refractivity contribution in [1.29, 1.82) is 0 Å². The zero-order chi connectivity index (χ0) is 17.0. The van der Waals surface area contributed by atoms with Crippen molar-refractivity contribution in [2.45, 2.75) is 43.0 Å². The molecule has 0 unspecified atom stereocenters. The lowest BCUT2D eigenvalue weighted by atomic mass is 9.96. The summed E-state index contributed by atoms with van der Waals surface area (Å²) in [6, 6.07) is 4.61. The van der Waals surface area contributed by atoms with Crippen LogP contribution in [0.25, 0.3) is 0 Å². The van der Waals surface area contributed by atoms with Crippen molar-refractivity contribution in [2.24, 2.45) is 11.7 Å². The van der Waals surface area contributed by atoms with Crippen molar-refractivity contribution in [1.82, 2.24) is 4.72 Å². The third-order valence-corrected chi connectivity index (χ3v) is 5.59. The summed E-state index contributed by atoms with van der Waals surface area (Å²) in [4.78, 5) is 22.4. The molecule has 1 saturated carbocycles. The first-order valence-electron chi connectivity index (χ1n) is 7.46.